The van der Waals surface area contributed by atoms with Gasteiger partial charge in [-0.05, 0) is 63.5 Å². The summed E-state index contributed by atoms with van der Waals surface area (Å²) in [5.41, 5.74) is 4.52. The number of allylic oxidation sites excluding steroid dienone is 2. The molecule has 0 aromatic heterocycles. The first-order valence-electron chi connectivity index (χ1n) is 7.44. The van der Waals surface area contributed by atoms with Crippen LogP contribution in [0.4, 0.5) is 10.1 Å². The molecule has 1 aromatic carbocycles. The molecular weight excluding hydrogens is 275 g/mol. The minimum atomic E-state index is -1.44. The van der Waals surface area contributed by atoms with E-state index in [4.69, 9.17) is 0 Å². The number of nitrogens with zero attached hydrogens (tertiary/aromatic N) is 2. The second-order valence-corrected chi connectivity index (χ2v) is 6.53. The third kappa shape index (κ3) is 2.68. The van der Waals surface area contributed by atoms with E-state index < -0.39 is 5.67 Å². The Balaban J connectivity index is 2.55. The highest BCUT2D eigenvalue weighted by Gasteiger charge is 2.33. The Bertz CT molecular complexity index is 677. The van der Waals surface area contributed by atoms with Gasteiger partial charge in [0.2, 0.25) is 0 Å². The van der Waals surface area contributed by atoms with E-state index in [0.29, 0.717) is 11.5 Å². The molecular formula is C19H25FN2. The number of rotatable bonds is 2. The van der Waals surface area contributed by atoms with Gasteiger partial charge in [0, 0.05) is 12.7 Å². The van der Waals surface area contributed by atoms with E-state index in [1.54, 1.807) is 24.8 Å². The number of aryl methyl sites for hydroxylation is 3. The van der Waals surface area contributed by atoms with Gasteiger partial charge in [-0.1, -0.05) is 19.2 Å². The zero-order valence-corrected chi connectivity index (χ0v) is 14.4. The first-order valence-corrected chi connectivity index (χ1v) is 7.44. The molecule has 0 N–H and O–H groups in total. The fraction of sp³-hybridized carbons (Fsp3) is 0.368. The molecule has 2 nitrogen and oxygen atoms in total. The van der Waals surface area contributed by atoms with Crippen LogP contribution >= 0.6 is 0 Å². The van der Waals surface area contributed by atoms with E-state index in [9.17, 15) is 4.39 Å². The SMILES string of the molecule is C=C1C=C(C(C)(C)F)N(C)C(=C)N1c1cc(C)c(C)cc1C. The Morgan fingerprint density at radius 2 is 1.55 bits per heavy atom. The molecule has 0 amide bonds. The summed E-state index contributed by atoms with van der Waals surface area (Å²) in [6.45, 7) is 17.6. The molecule has 3 heteroatoms. The van der Waals surface area contributed by atoms with Crippen molar-refractivity contribution in [2.24, 2.45) is 0 Å². The molecule has 0 unspecified atom stereocenters. The summed E-state index contributed by atoms with van der Waals surface area (Å²) in [6, 6.07) is 4.29. The van der Waals surface area contributed by atoms with Crippen LogP contribution in [0.3, 0.4) is 0 Å². The van der Waals surface area contributed by atoms with Crippen molar-refractivity contribution in [1.82, 2.24) is 4.90 Å². The molecule has 0 saturated heterocycles. The lowest BCUT2D eigenvalue weighted by molar-refractivity contribution is 0.216. The summed E-state index contributed by atoms with van der Waals surface area (Å²) in [6.07, 6.45) is 1.79. The van der Waals surface area contributed by atoms with Crippen LogP contribution < -0.4 is 4.90 Å². The summed E-state index contributed by atoms with van der Waals surface area (Å²) >= 11 is 0. The highest BCUT2D eigenvalue weighted by atomic mass is 19.1. The molecule has 118 valence electrons. The second kappa shape index (κ2) is 5.31. The van der Waals surface area contributed by atoms with Gasteiger partial charge in [0.1, 0.15) is 11.5 Å². The quantitative estimate of drug-likeness (QED) is 0.760. The molecule has 2 rings (SSSR count). The topological polar surface area (TPSA) is 6.48 Å². The van der Waals surface area contributed by atoms with E-state index in [2.05, 4.69) is 46.1 Å². The number of benzene rings is 1. The first-order chi connectivity index (χ1) is 10.0. The number of anilines is 1. The van der Waals surface area contributed by atoms with Crippen molar-refractivity contribution in [3.05, 3.63) is 65.3 Å². The number of alkyl halides is 1. The van der Waals surface area contributed by atoms with Gasteiger partial charge in [-0.25, -0.2) is 4.39 Å². The van der Waals surface area contributed by atoms with E-state index in [1.807, 2.05) is 11.9 Å². The van der Waals surface area contributed by atoms with Gasteiger partial charge >= 0.3 is 0 Å². The van der Waals surface area contributed by atoms with Crippen LogP contribution in [0, 0.1) is 20.8 Å². The smallest absolute Gasteiger partial charge is 0.145 e. The minimum absolute atomic E-state index is 0.570. The number of hydrogen-bond donors (Lipinski definition) is 0. The third-order valence-electron chi connectivity index (χ3n) is 4.26. The Hall–Kier alpha value is -2.03. The van der Waals surface area contributed by atoms with Gasteiger partial charge in [-0.2, -0.15) is 0 Å². The van der Waals surface area contributed by atoms with Crippen molar-refractivity contribution >= 4 is 5.69 Å². The molecule has 0 saturated carbocycles. The fourth-order valence-electron chi connectivity index (χ4n) is 2.82. The summed E-state index contributed by atoms with van der Waals surface area (Å²) in [7, 11) is 1.84. The summed E-state index contributed by atoms with van der Waals surface area (Å²) in [5, 5.41) is 0. The molecule has 0 bridgehead atoms. The fourth-order valence-corrected chi connectivity index (χ4v) is 2.82. The first kappa shape index (κ1) is 16.3. The maximum atomic E-state index is 14.4. The maximum Gasteiger partial charge on any atom is 0.145 e. The normalized spacial score (nSPS) is 16.2. The van der Waals surface area contributed by atoms with Crippen molar-refractivity contribution in [2.45, 2.75) is 40.3 Å². The molecule has 1 heterocycles. The van der Waals surface area contributed by atoms with Gasteiger partial charge in [0.05, 0.1) is 11.4 Å². The van der Waals surface area contributed by atoms with Crippen molar-refractivity contribution in [3.8, 4) is 0 Å². The van der Waals surface area contributed by atoms with Crippen LogP contribution in [-0.4, -0.2) is 17.6 Å². The monoisotopic (exact) mass is 300 g/mol. The second-order valence-electron chi connectivity index (χ2n) is 6.53. The van der Waals surface area contributed by atoms with E-state index in [-0.39, 0.29) is 0 Å². The Morgan fingerprint density at radius 1 is 1.00 bits per heavy atom. The lowest BCUT2D eigenvalue weighted by atomic mass is 10.00. The number of hydrogen-bond acceptors (Lipinski definition) is 2. The molecule has 0 radical (unpaired) electrons. The van der Waals surface area contributed by atoms with Crippen LogP contribution in [0.2, 0.25) is 0 Å². The highest BCUT2D eigenvalue weighted by molar-refractivity contribution is 5.67. The average molecular weight is 300 g/mol. The van der Waals surface area contributed by atoms with Crippen LogP contribution in [0.15, 0.2) is 48.6 Å². The van der Waals surface area contributed by atoms with Crippen LogP contribution in [-0.2, 0) is 0 Å². The molecule has 1 aliphatic rings. The molecule has 0 spiro atoms. The minimum Gasteiger partial charge on any atom is -0.332 e. The highest BCUT2D eigenvalue weighted by Crippen LogP contribution is 2.38. The average Bonchev–Trinajstić information content (AvgIpc) is 2.38. The lowest BCUT2D eigenvalue weighted by Crippen LogP contribution is -2.40. The van der Waals surface area contributed by atoms with Gasteiger partial charge in [-0.3, -0.25) is 4.90 Å². The molecule has 0 fully saturated rings. The Kier molecular flexibility index (Phi) is 3.94. The van der Waals surface area contributed by atoms with E-state index >= 15 is 0 Å². The molecule has 0 aliphatic carbocycles. The van der Waals surface area contributed by atoms with Crippen LogP contribution in [0.1, 0.15) is 30.5 Å². The van der Waals surface area contributed by atoms with Gasteiger partial charge < -0.3 is 4.90 Å². The number of halogens is 1. The van der Waals surface area contributed by atoms with Crippen LogP contribution in [0.25, 0.3) is 0 Å². The standard InChI is InChI=1S/C19H25FN2/c1-12-9-14(3)17(10-13(12)2)22-15(4)11-18(19(6,7)20)21(8)16(22)5/h9-11H,4-5H2,1-3,6-8H3. The lowest BCUT2D eigenvalue weighted by Gasteiger charge is -2.42. The molecule has 22 heavy (non-hydrogen) atoms. The van der Waals surface area contributed by atoms with Crippen molar-refractivity contribution in [2.75, 3.05) is 11.9 Å². The zero-order valence-electron chi connectivity index (χ0n) is 14.4. The molecule has 0 atom stereocenters. The van der Waals surface area contributed by atoms with E-state index in [0.717, 1.165) is 16.9 Å². The van der Waals surface area contributed by atoms with E-state index in [1.165, 1.54) is 11.1 Å². The molecule has 1 aliphatic heterocycles. The van der Waals surface area contributed by atoms with Gasteiger partial charge in [0.15, 0.2) is 0 Å². The zero-order chi connectivity index (χ0) is 16.8. The Morgan fingerprint density at radius 3 is 2.09 bits per heavy atom. The predicted molar refractivity (Wildman–Crippen MR) is 92.4 cm³/mol. The largest absolute Gasteiger partial charge is 0.332 e. The summed E-state index contributed by atoms with van der Waals surface area (Å²) in [5.74, 6) is 0.708. The van der Waals surface area contributed by atoms with Crippen molar-refractivity contribution in [1.29, 1.82) is 0 Å². The summed E-state index contributed by atoms with van der Waals surface area (Å²) < 4.78 is 14.4. The van der Waals surface area contributed by atoms with Crippen molar-refractivity contribution in [3.63, 3.8) is 0 Å². The van der Waals surface area contributed by atoms with Gasteiger partial charge in [0.25, 0.3) is 0 Å². The molecule has 1 aromatic rings. The van der Waals surface area contributed by atoms with Crippen molar-refractivity contribution < 1.29 is 4.39 Å². The third-order valence-corrected chi connectivity index (χ3v) is 4.26. The predicted octanol–water partition coefficient (Wildman–Crippen LogP) is 4.98. The summed E-state index contributed by atoms with van der Waals surface area (Å²) in [4.78, 5) is 3.78. The van der Waals surface area contributed by atoms with Gasteiger partial charge in [-0.15, -0.1) is 0 Å². The van der Waals surface area contributed by atoms with Crippen LogP contribution in [0.5, 0.6) is 0 Å². The Labute approximate surface area is 133 Å². The maximum absolute atomic E-state index is 14.4.